The van der Waals surface area contributed by atoms with Crippen LogP contribution < -0.4 is 29.2 Å². The van der Waals surface area contributed by atoms with Gasteiger partial charge in [0.15, 0.2) is 11.5 Å². The number of ether oxygens (including phenoxy) is 4. The monoisotopic (exact) mass is 436 g/mol. The lowest BCUT2D eigenvalue weighted by Crippen LogP contribution is -2.28. The molecule has 0 aromatic heterocycles. The topological polar surface area (TPSA) is 86.3 Å². The Morgan fingerprint density at radius 3 is 2.29 bits per heavy atom. The highest BCUT2D eigenvalue weighted by Crippen LogP contribution is 2.42. The molecule has 1 N–H and O–H groups in total. The zero-order valence-corrected chi connectivity index (χ0v) is 17.2. The number of nitrogens with one attached hydrogen (secondary N) is 1. The number of halogens is 2. The van der Waals surface area contributed by atoms with Crippen LogP contribution >= 0.6 is 0 Å². The summed E-state index contributed by atoms with van der Waals surface area (Å²) in [5.74, 6) is -0.473. The number of anilines is 2. The maximum atomic E-state index is 12.7. The molecule has 2 aromatic rings. The number of hydrogen-bond donors (Lipinski definition) is 1. The molecule has 10 heteroatoms. The lowest BCUT2D eigenvalue weighted by Gasteiger charge is -2.20. The molecular weight excluding hydrogens is 414 g/mol. The third-order valence-corrected chi connectivity index (χ3v) is 4.82. The van der Waals surface area contributed by atoms with Crippen molar-refractivity contribution in [2.75, 3.05) is 38.1 Å². The predicted molar refractivity (Wildman–Crippen MR) is 108 cm³/mol. The Morgan fingerprint density at radius 2 is 1.71 bits per heavy atom. The van der Waals surface area contributed by atoms with Crippen LogP contribution in [0.15, 0.2) is 36.4 Å². The van der Waals surface area contributed by atoms with E-state index in [0.717, 1.165) is 0 Å². The van der Waals surface area contributed by atoms with E-state index in [1.54, 1.807) is 18.2 Å². The SMILES string of the molecule is COc1cc(N2C[C@@H](C(=O)Nc3ccccc3OC(F)F)CC2=O)cc(OC)c1OC. The fraction of sp³-hybridized carbons (Fsp3) is 0.333. The first-order chi connectivity index (χ1) is 14.9. The molecule has 1 saturated heterocycles. The van der Waals surface area contributed by atoms with E-state index in [-0.39, 0.29) is 30.3 Å². The minimum absolute atomic E-state index is 0.0413. The van der Waals surface area contributed by atoms with Crippen LogP contribution in [0, 0.1) is 5.92 Å². The highest BCUT2D eigenvalue weighted by molar-refractivity contribution is 6.04. The van der Waals surface area contributed by atoms with Crippen LogP contribution in [0.25, 0.3) is 0 Å². The van der Waals surface area contributed by atoms with Crippen molar-refractivity contribution in [3.05, 3.63) is 36.4 Å². The van der Waals surface area contributed by atoms with E-state index >= 15 is 0 Å². The van der Waals surface area contributed by atoms with Gasteiger partial charge in [0.1, 0.15) is 5.75 Å². The molecule has 2 aromatic carbocycles. The van der Waals surface area contributed by atoms with Gasteiger partial charge in [-0.1, -0.05) is 12.1 Å². The highest BCUT2D eigenvalue weighted by Gasteiger charge is 2.36. The van der Waals surface area contributed by atoms with Crippen LogP contribution in [0.1, 0.15) is 6.42 Å². The Kier molecular flexibility index (Phi) is 6.78. The average Bonchev–Trinajstić information content (AvgIpc) is 3.15. The molecule has 0 unspecified atom stereocenters. The molecule has 0 saturated carbocycles. The van der Waals surface area contributed by atoms with Crippen molar-refractivity contribution in [3.63, 3.8) is 0 Å². The van der Waals surface area contributed by atoms with Crippen molar-refractivity contribution >= 4 is 23.2 Å². The number of carbonyl (C=O) groups is 2. The Morgan fingerprint density at radius 1 is 1.06 bits per heavy atom. The van der Waals surface area contributed by atoms with Crippen molar-refractivity contribution in [1.29, 1.82) is 0 Å². The second kappa shape index (κ2) is 9.50. The Balaban J connectivity index is 1.79. The molecule has 1 heterocycles. The molecule has 8 nitrogen and oxygen atoms in total. The summed E-state index contributed by atoms with van der Waals surface area (Å²) in [6.07, 6.45) is -0.0413. The van der Waals surface area contributed by atoms with E-state index in [1.165, 1.54) is 44.4 Å². The van der Waals surface area contributed by atoms with Crippen LogP contribution in [0.3, 0.4) is 0 Å². The number of amides is 2. The molecule has 0 aliphatic carbocycles. The lowest BCUT2D eigenvalue weighted by molar-refractivity contribution is -0.122. The van der Waals surface area contributed by atoms with Crippen LogP contribution in [-0.4, -0.2) is 46.3 Å². The largest absolute Gasteiger partial charge is 0.493 e. The Bertz CT molecular complexity index is 944. The average molecular weight is 436 g/mol. The maximum Gasteiger partial charge on any atom is 0.387 e. The standard InChI is InChI=1S/C21H22F2N2O6/c1-28-16-9-13(10-17(29-2)19(16)30-3)25-11-12(8-18(25)26)20(27)24-14-6-4-5-7-15(14)31-21(22)23/h4-7,9-10,12,21H,8,11H2,1-3H3,(H,24,27)/t12-/m0/s1. The number of alkyl halides is 2. The van der Waals surface area contributed by atoms with Crippen molar-refractivity contribution in [1.82, 2.24) is 0 Å². The van der Waals surface area contributed by atoms with Crippen molar-refractivity contribution in [3.8, 4) is 23.0 Å². The first kappa shape index (κ1) is 22.1. The number of rotatable bonds is 8. The summed E-state index contributed by atoms with van der Waals surface area (Å²) in [6, 6.07) is 9.10. The number of methoxy groups -OCH3 is 3. The number of hydrogen-bond acceptors (Lipinski definition) is 6. The van der Waals surface area contributed by atoms with E-state index in [9.17, 15) is 18.4 Å². The minimum Gasteiger partial charge on any atom is -0.493 e. The van der Waals surface area contributed by atoms with E-state index in [0.29, 0.717) is 22.9 Å². The highest BCUT2D eigenvalue weighted by atomic mass is 19.3. The maximum absolute atomic E-state index is 12.7. The number of benzene rings is 2. The molecule has 3 rings (SSSR count). The smallest absolute Gasteiger partial charge is 0.387 e. The number of nitrogens with zero attached hydrogens (tertiary/aromatic N) is 1. The van der Waals surface area contributed by atoms with Crippen molar-refractivity contribution in [2.24, 2.45) is 5.92 Å². The molecule has 1 aliphatic heterocycles. The van der Waals surface area contributed by atoms with Crippen LogP contribution in [0.4, 0.5) is 20.2 Å². The summed E-state index contributed by atoms with van der Waals surface area (Å²) >= 11 is 0. The third kappa shape index (κ3) is 4.79. The predicted octanol–water partition coefficient (Wildman–Crippen LogP) is 3.31. The first-order valence-electron chi connectivity index (χ1n) is 9.33. The van der Waals surface area contributed by atoms with Gasteiger partial charge in [0.2, 0.25) is 17.6 Å². The molecule has 1 atom stereocenters. The van der Waals surface area contributed by atoms with Crippen LogP contribution in [0.5, 0.6) is 23.0 Å². The van der Waals surface area contributed by atoms with E-state index in [1.807, 2.05) is 0 Å². The lowest BCUT2D eigenvalue weighted by atomic mass is 10.1. The van der Waals surface area contributed by atoms with E-state index in [4.69, 9.17) is 14.2 Å². The van der Waals surface area contributed by atoms with Gasteiger partial charge in [0, 0.05) is 25.1 Å². The van der Waals surface area contributed by atoms with Gasteiger partial charge in [-0.3, -0.25) is 9.59 Å². The summed E-state index contributed by atoms with van der Waals surface area (Å²) in [5, 5.41) is 2.57. The third-order valence-electron chi connectivity index (χ3n) is 4.82. The van der Waals surface area contributed by atoms with Crippen molar-refractivity contribution < 1.29 is 37.3 Å². The van der Waals surface area contributed by atoms with Gasteiger partial charge in [-0.25, -0.2) is 0 Å². The molecule has 0 spiro atoms. The summed E-state index contributed by atoms with van der Waals surface area (Å²) in [7, 11) is 4.39. The summed E-state index contributed by atoms with van der Waals surface area (Å²) in [5.41, 5.74) is 0.586. The first-order valence-corrected chi connectivity index (χ1v) is 9.33. The Labute approximate surface area is 177 Å². The van der Waals surface area contributed by atoms with Gasteiger partial charge >= 0.3 is 6.61 Å². The molecule has 2 amide bonds. The molecule has 31 heavy (non-hydrogen) atoms. The fourth-order valence-electron chi connectivity index (χ4n) is 3.36. The number of para-hydroxylation sites is 2. The summed E-state index contributed by atoms with van der Waals surface area (Å²) in [6.45, 7) is -2.93. The van der Waals surface area contributed by atoms with Crippen molar-refractivity contribution in [2.45, 2.75) is 13.0 Å². The second-order valence-electron chi connectivity index (χ2n) is 6.65. The van der Waals surface area contributed by atoms with Gasteiger partial charge < -0.3 is 29.2 Å². The van der Waals surface area contributed by atoms with Gasteiger partial charge in [0.05, 0.1) is 38.6 Å². The quantitative estimate of drug-likeness (QED) is 0.684. The van der Waals surface area contributed by atoms with E-state index in [2.05, 4.69) is 10.1 Å². The minimum atomic E-state index is -3.03. The molecular formula is C21H22F2N2O6. The second-order valence-corrected chi connectivity index (χ2v) is 6.65. The zero-order chi connectivity index (χ0) is 22.5. The summed E-state index contributed by atoms with van der Waals surface area (Å²) in [4.78, 5) is 26.8. The van der Waals surface area contributed by atoms with Gasteiger partial charge in [-0.15, -0.1) is 0 Å². The fourth-order valence-corrected chi connectivity index (χ4v) is 3.36. The zero-order valence-electron chi connectivity index (χ0n) is 17.2. The molecule has 1 aliphatic rings. The molecule has 0 bridgehead atoms. The molecule has 1 fully saturated rings. The van der Waals surface area contributed by atoms with Gasteiger partial charge in [-0.2, -0.15) is 8.78 Å². The number of carbonyl (C=O) groups excluding carboxylic acids is 2. The summed E-state index contributed by atoms with van der Waals surface area (Å²) < 4.78 is 45.5. The normalized spacial score (nSPS) is 15.7. The van der Waals surface area contributed by atoms with Gasteiger partial charge in [0.25, 0.3) is 0 Å². The molecule has 166 valence electrons. The Hall–Kier alpha value is -3.56. The van der Waals surface area contributed by atoms with Crippen LogP contribution in [0.2, 0.25) is 0 Å². The van der Waals surface area contributed by atoms with Crippen LogP contribution in [-0.2, 0) is 9.59 Å². The molecule has 0 radical (unpaired) electrons. The van der Waals surface area contributed by atoms with Gasteiger partial charge in [-0.05, 0) is 12.1 Å². The van der Waals surface area contributed by atoms with E-state index < -0.39 is 18.4 Å².